The molecule has 0 unspecified atom stereocenters. The maximum atomic E-state index is 10.1. The highest BCUT2D eigenvalue weighted by molar-refractivity contribution is 5.89. The number of hydrogen-bond acceptors (Lipinski definition) is 2. The summed E-state index contributed by atoms with van der Waals surface area (Å²) in [4.78, 5) is 5.94. The van der Waals surface area contributed by atoms with Crippen molar-refractivity contribution in [3.8, 4) is 11.8 Å². The van der Waals surface area contributed by atoms with Crippen molar-refractivity contribution >= 4 is 21.8 Å². The lowest BCUT2D eigenvalue weighted by Gasteiger charge is -2.01. The minimum Gasteiger partial charge on any atom is -0.494 e. The number of benzene rings is 2. The predicted molar refractivity (Wildman–Crippen MR) is 82.7 cm³/mol. The molecule has 4 heteroatoms. The molecule has 0 amide bonds. The molecule has 0 aliphatic rings. The van der Waals surface area contributed by atoms with Crippen LogP contribution in [-0.4, -0.2) is 20.2 Å². The van der Waals surface area contributed by atoms with Gasteiger partial charge in [0, 0.05) is 39.4 Å². The molecule has 0 saturated heterocycles. The van der Waals surface area contributed by atoms with E-state index >= 15 is 0 Å². The van der Waals surface area contributed by atoms with E-state index in [1.54, 1.807) is 0 Å². The van der Waals surface area contributed by atoms with E-state index in [-0.39, 0.29) is 11.8 Å². The fraction of sp³-hybridized carbons (Fsp3) is 0.0588. The molecule has 0 aliphatic heterocycles. The first kappa shape index (κ1) is 11.9. The van der Waals surface area contributed by atoms with E-state index in [0.717, 1.165) is 32.9 Å². The van der Waals surface area contributed by atoms with Crippen molar-refractivity contribution < 1.29 is 10.2 Å². The fourth-order valence-electron chi connectivity index (χ4n) is 2.91. The highest BCUT2D eigenvalue weighted by atomic mass is 16.3. The molecule has 0 aliphatic carbocycles. The van der Waals surface area contributed by atoms with Gasteiger partial charge in [-0.05, 0) is 12.1 Å². The molecule has 4 rings (SSSR count). The first-order chi connectivity index (χ1) is 10.2. The molecule has 0 bridgehead atoms. The number of aromatic hydroxyl groups is 2. The number of fused-ring (bicyclic) bond motifs is 2. The van der Waals surface area contributed by atoms with Crippen molar-refractivity contribution in [2.45, 2.75) is 6.42 Å². The van der Waals surface area contributed by atoms with Gasteiger partial charge in [-0.1, -0.05) is 36.4 Å². The van der Waals surface area contributed by atoms with Gasteiger partial charge in [0.05, 0.1) is 0 Å². The minimum atomic E-state index is 0.154. The first-order valence-electron chi connectivity index (χ1n) is 6.81. The summed E-state index contributed by atoms with van der Waals surface area (Å²) in [6.07, 6.45) is 0.464. The van der Waals surface area contributed by atoms with Gasteiger partial charge < -0.3 is 20.2 Å². The molecule has 4 nitrogen and oxygen atoms in total. The van der Waals surface area contributed by atoms with Crippen molar-refractivity contribution in [2.75, 3.05) is 0 Å². The normalized spacial score (nSPS) is 11.4. The maximum Gasteiger partial charge on any atom is 0.192 e. The van der Waals surface area contributed by atoms with Crippen LogP contribution in [0.4, 0.5) is 0 Å². The standard InChI is InChI=1S/C17H14N2O2/c20-16-12(10-5-1-3-7-14(10)18-16)9-13-11-6-2-4-8-15(11)19-17(13)21/h1-8,18-21H,9H2. The second kappa shape index (κ2) is 4.31. The number of aromatic amines is 2. The lowest BCUT2D eigenvalue weighted by atomic mass is 10.0. The fourth-order valence-corrected chi connectivity index (χ4v) is 2.91. The SMILES string of the molecule is Oc1[nH]c2ccccc2c1Cc1c(O)[nH]c2ccccc12. The number of rotatable bonds is 2. The van der Waals surface area contributed by atoms with Crippen LogP contribution in [0, 0.1) is 0 Å². The molecular formula is C17H14N2O2. The molecule has 21 heavy (non-hydrogen) atoms. The minimum absolute atomic E-state index is 0.154. The van der Waals surface area contributed by atoms with Crippen LogP contribution < -0.4 is 0 Å². The Hall–Kier alpha value is -2.88. The van der Waals surface area contributed by atoms with Gasteiger partial charge in [0.2, 0.25) is 0 Å². The number of nitrogens with one attached hydrogen (secondary N) is 2. The van der Waals surface area contributed by atoms with Crippen molar-refractivity contribution in [1.82, 2.24) is 9.97 Å². The molecule has 0 spiro atoms. The summed E-state index contributed by atoms with van der Waals surface area (Å²) in [6.45, 7) is 0. The van der Waals surface area contributed by atoms with Crippen LogP contribution in [0.15, 0.2) is 48.5 Å². The zero-order valence-electron chi connectivity index (χ0n) is 11.2. The van der Waals surface area contributed by atoms with Crippen molar-refractivity contribution in [3.05, 3.63) is 59.7 Å². The van der Waals surface area contributed by atoms with Crippen molar-refractivity contribution in [1.29, 1.82) is 0 Å². The number of hydrogen-bond donors (Lipinski definition) is 4. The summed E-state index contributed by atoms with van der Waals surface area (Å²) in [5, 5.41) is 22.2. The third kappa shape index (κ3) is 1.76. The lowest BCUT2D eigenvalue weighted by molar-refractivity contribution is 0.447. The van der Waals surface area contributed by atoms with E-state index in [1.807, 2.05) is 48.5 Å². The summed E-state index contributed by atoms with van der Waals surface area (Å²) in [7, 11) is 0. The van der Waals surface area contributed by atoms with Gasteiger partial charge in [-0.3, -0.25) is 0 Å². The van der Waals surface area contributed by atoms with Crippen molar-refractivity contribution in [2.24, 2.45) is 0 Å². The molecule has 0 fully saturated rings. The van der Waals surface area contributed by atoms with Gasteiger partial charge in [-0.15, -0.1) is 0 Å². The Morgan fingerprint density at radius 1 is 0.667 bits per heavy atom. The van der Waals surface area contributed by atoms with E-state index in [4.69, 9.17) is 0 Å². The maximum absolute atomic E-state index is 10.1. The zero-order chi connectivity index (χ0) is 14.4. The monoisotopic (exact) mass is 278 g/mol. The van der Waals surface area contributed by atoms with E-state index in [0.29, 0.717) is 6.42 Å². The lowest BCUT2D eigenvalue weighted by Crippen LogP contribution is -1.87. The molecule has 2 aromatic carbocycles. The molecule has 2 aromatic heterocycles. The van der Waals surface area contributed by atoms with Crippen molar-refractivity contribution in [3.63, 3.8) is 0 Å². The van der Waals surface area contributed by atoms with E-state index in [9.17, 15) is 10.2 Å². The van der Waals surface area contributed by atoms with Crippen LogP contribution in [0.5, 0.6) is 11.8 Å². The Bertz CT molecular complexity index is 872. The van der Waals surface area contributed by atoms with E-state index in [2.05, 4.69) is 9.97 Å². The first-order valence-corrected chi connectivity index (χ1v) is 6.81. The number of aromatic nitrogens is 2. The summed E-state index contributed by atoms with van der Waals surface area (Å²) < 4.78 is 0. The predicted octanol–water partition coefficient (Wildman–Crippen LogP) is 3.65. The quantitative estimate of drug-likeness (QED) is 0.452. The summed E-state index contributed by atoms with van der Waals surface area (Å²) >= 11 is 0. The van der Waals surface area contributed by atoms with Crippen LogP contribution in [0.1, 0.15) is 11.1 Å². The number of para-hydroxylation sites is 2. The van der Waals surface area contributed by atoms with Crippen LogP contribution >= 0.6 is 0 Å². The second-order valence-electron chi connectivity index (χ2n) is 5.17. The molecule has 4 aromatic rings. The molecule has 0 atom stereocenters. The highest BCUT2D eigenvalue weighted by Crippen LogP contribution is 2.34. The van der Waals surface area contributed by atoms with Gasteiger partial charge >= 0.3 is 0 Å². The Kier molecular flexibility index (Phi) is 2.44. The summed E-state index contributed by atoms with van der Waals surface area (Å²) in [5.74, 6) is 0.307. The largest absolute Gasteiger partial charge is 0.494 e. The average Bonchev–Trinajstić information content (AvgIpc) is 2.97. The highest BCUT2D eigenvalue weighted by Gasteiger charge is 2.16. The van der Waals surface area contributed by atoms with E-state index < -0.39 is 0 Å². The summed E-state index contributed by atoms with van der Waals surface area (Å²) in [6, 6.07) is 15.5. The molecule has 0 radical (unpaired) electrons. The Morgan fingerprint density at radius 3 is 1.57 bits per heavy atom. The molecule has 0 saturated carbocycles. The van der Waals surface area contributed by atoms with Crippen LogP contribution in [0.25, 0.3) is 21.8 Å². The smallest absolute Gasteiger partial charge is 0.192 e. The van der Waals surface area contributed by atoms with Crippen LogP contribution in [-0.2, 0) is 6.42 Å². The third-order valence-corrected chi connectivity index (χ3v) is 3.94. The topological polar surface area (TPSA) is 72.0 Å². The van der Waals surface area contributed by atoms with Gasteiger partial charge in [-0.25, -0.2) is 0 Å². The molecular weight excluding hydrogens is 264 g/mol. The second-order valence-corrected chi connectivity index (χ2v) is 5.17. The van der Waals surface area contributed by atoms with Gasteiger partial charge in [0.15, 0.2) is 11.8 Å². The molecule has 4 N–H and O–H groups in total. The van der Waals surface area contributed by atoms with Crippen LogP contribution in [0.3, 0.4) is 0 Å². The Balaban J connectivity index is 1.91. The Morgan fingerprint density at radius 2 is 1.10 bits per heavy atom. The third-order valence-electron chi connectivity index (χ3n) is 3.94. The zero-order valence-corrected chi connectivity index (χ0v) is 11.2. The summed E-state index contributed by atoms with van der Waals surface area (Å²) in [5.41, 5.74) is 3.38. The van der Waals surface area contributed by atoms with Gasteiger partial charge in [0.25, 0.3) is 0 Å². The van der Waals surface area contributed by atoms with Gasteiger partial charge in [0.1, 0.15) is 0 Å². The van der Waals surface area contributed by atoms with E-state index in [1.165, 1.54) is 0 Å². The van der Waals surface area contributed by atoms with Gasteiger partial charge in [-0.2, -0.15) is 0 Å². The molecule has 104 valence electrons. The van der Waals surface area contributed by atoms with Crippen LogP contribution in [0.2, 0.25) is 0 Å². The Labute approximate surface area is 120 Å². The average molecular weight is 278 g/mol. The number of H-pyrrole nitrogens is 2. The molecule has 2 heterocycles.